The van der Waals surface area contributed by atoms with E-state index in [1.807, 2.05) is 23.9 Å². The summed E-state index contributed by atoms with van der Waals surface area (Å²) in [6.07, 6.45) is -0.194. The molecule has 0 fully saturated rings. The summed E-state index contributed by atoms with van der Waals surface area (Å²) in [7, 11) is 0. The maximum Gasteiger partial charge on any atom is 0.332 e. The summed E-state index contributed by atoms with van der Waals surface area (Å²) in [5, 5.41) is 11.2. The number of hydrogen-bond acceptors (Lipinski definition) is 3. The summed E-state index contributed by atoms with van der Waals surface area (Å²) in [5.74, 6) is -0.507. The molecule has 1 aromatic heterocycles. The fourth-order valence-corrected chi connectivity index (χ4v) is 5.12. The van der Waals surface area contributed by atoms with Crippen molar-refractivity contribution in [2.75, 3.05) is 6.61 Å². The van der Waals surface area contributed by atoms with Crippen LogP contribution in [0.15, 0.2) is 47.4 Å². The van der Waals surface area contributed by atoms with Crippen molar-refractivity contribution in [1.82, 2.24) is 4.57 Å². The second-order valence-corrected chi connectivity index (χ2v) is 12.0. The minimum atomic E-state index is -0.942. The lowest BCUT2D eigenvalue weighted by molar-refractivity contribution is -0.149. The van der Waals surface area contributed by atoms with Gasteiger partial charge in [0.05, 0.1) is 6.61 Å². The number of carboxylic acid groups (broad SMARTS) is 1. The van der Waals surface area contributed by atoms with Gasteiger partial charge in [-0.25, -0.2) is 4.79 Å². The zero-order valence-electron chi connectivity index (χ0n) is 20.3. The van der Waals surface area contributed by atoms with Crippen LogP contribution in [0.25, 0.3) is 10.9 Å². The molecule has 3 aromatic rings. The van der Waals surface area contributed by atoms with Crippen molar-refractivity contribution in [2.24, 2.45) is 0 Å². The van der Waals surface area contributed by atoms with Crippen LogP contribution in [0, 0.1) is 0 Å². The number of nitrogens with zero attached hydrogens (tertiary/aromatic N) is 1. The molecule has 0 aliphatic heterocycles. The highest BCUT2D eigenvalue weighted by Crippen LogP contribution is 2.42. The first-order valence-corrected chi connectivity index (χ1v) is 12.6. The number of carbonyl (C=O) groups is 1. The van der Waals surface area contributed by atoms with E-state index in [2.05, 4.69) is 69.5 Å². The Hall–Kier alpha value is -1.95. The van der Waals surface area contributed by atoms with E-state index in [1.165, 1.54) is 27.1 Å². The van der Waals surface area contributed by atoms with Gasteiger partial charge in [0.1, 0.15) is 0 Å². The number of thioether (sulfide) groups is 1. The molecule has 0 spiro atoms. The molecule has 1 N–H and O–H groups in total. The summed E-state index contributed by atoms with van der Waals surface area (Å²) in [6, 6.07) is 14.7. The third-order valence-corrected chi connectivity index (χ3v) is 7.05. The van der Waals surface area contributed by atoms with E-state index in [4.69, 9.17) is 16.3 Å². The van der Waals surface area contributed by atoms with E-state index >= 15 is 0 Å². The SMILES string of the molecule is CC(OCCc1c(SC(C)(C)C)c2cc(C(C)C)ccc2n1Cc1ccc(Cl)cc1)C(=O)O. The zero-order chi connectivity index (χ0) is 24.3. The Labute approximate surface area is 206 Å². The summed E-state index contributed by atoms with van der Waals surface area (Å²) >= 11 is 7.98. The van der Waals surface area contributed by atoms with Crippen molar-refractivity contribution in [3.8, 4) is 0 Å². The maximum atomic E-state index is 11.2. The number of aromatic nitrogens is 1. The Balaban J connectivity index is 2.13. The van der Waals surface area contributed by atoms with Crippen LogP contribution in [0.1, 0.15) is 64.3 Å². The monoisotopic (exact) mass is 487 g/mol. The zero-order valence-corrected chi connectivity index (χ0v) is 21.9. The van der Waals surface area contributed by atoms with Crippen LogP contribution in [0.3, 0.4) is 0 Å². The number of rotatable bonds is 9. The molecular formula is C27H34ClNO3S. The molecule has 6 heteroatoms. The first-order chi connectivity index (χ1) is 15.5. The minimum Gasteiger partial charge on any atom is -0.479 e. The summed E-state index contributed by atoms with van der Waals surface area (Å²) in [6.45, 7) is 13.7. The fraction of sp³-hybridized carbons (Fsp3) is 0.444. The van der Waals surface area contributed by atoms with Crippen molar-refractivity contribution >= 4 is 40.2 Å². The molecule has 0 saturated heterocycles. The molecule has 33 heavy (non-hydrogen) atoms. The van der Waals surface area contributed by atoms with Gasteiger partial charge in [0.15, 0.2) is 6.10 Å². The molecule has 3 rings (SSSR count). The summed E-state index contributed by atoms with van der Waals surface area (Å²) in [5.41, 5.74) is 4.84. The van der Waals surface area contributed by atoms with Gasteiger partial charge in [-0.05, 0) is 48.2 Å². The fourth-order valence-electron chi connectivity index (χ4n) is 3.78. The number of aliphatic carboxylic acids is 1. The lowest BCUT2D eigenvalue weighted by atomic mass is 10.0. The van der Waals surface area contributed by atoms with Gasteiger partial charge in [-0.15, -0.1) is 11.8 Å². The van der Waals surface area contributed by atoms with Gasteiger partial charge >= 0.3 is 5.97 Å². The number of carboxylic acids is 1. The third-order valence-electron chi connectivity index (χ3n) is 5.53. The number of fused-ring (bicyclic) bond motifs is 1. The number of ether oxygens (including phenoxy) is 1. The first-order valence-electron chi connectivity index (χ1n) is 11.4. The highest BCUT2D eigenvalue weighted by Gasteiger charge is 2.24. The molecule has 1 unspecified atom stereocenters. The van der Waals surface area contributed by atoms with Gasteiger partial charge in [0.25, 0.3) is 0 Å². The first kappa shape index (κ1) is 25.7. The number of hydrogen-bond donors (Lipinski definition) is 1. The summed E-state index contributed by atoms with van der Waals surface area (Å²) < 4.78 is 8.01. The second-order valence-electron chi connectivity index (χ2n) is 9.74. The molecule has 0 aliphatic rings. The Bertz CT molecular complexity index is 1110. The van der Waals surface area contributed by atoms with Crippen molar-refractivity contribution in [1.29, 1.82) is 0 Å². The molecule has 0 bridgehead atoms. The Morgan fingerprint density at radius 3 is 2.36 bits per heavy atom. The molecule has 0 aliphatic carbocycles. The molecule has 1 atom stereocenters. The highest BCUT2D eigenvalue weighted by atomic mass is 35.5. The molecule has 0 radical (unpaired) electrons. The molecule has 4 nitrogen and oxygen atoms in total. The van der Waals surface area contributed by atoms with Gasteiger partial charge in [-0.2, -0.15) is 0 Å². The lowest BCUT2D eigenvalue weighted by Crippen LogP contribution is -2.21. The van der Waals surface area contributed by atoms with Crippen LogP contribution in [0.5, 0.6) is 0 Å². The van der Waals surface area contributed by atoms with Crippen molar-refractivity contribution in [3.05, 3.63) is 64.3 Å². The van der Waals surface area contributed by atoms with Gasteiger partial charge in [0, 0.05) is 44.2 Å². The Kier molecular flexibility index (Phi) is 8.20. The average Bonchev–Trinajstić information content (AvgIpc) is 3.00. The minimum absolute atomic E-state index is 0.0250. The maximum absolute atomic E-state index is 11.2. The Morgan fingerprint density at radius 2 is 1.79 bits per heavy atom. The third kappa shape index (κ3) is 6.56. The van der Waals surface area contributed by atoms with Crippen molar-refractivity contribution < 1.29 is 14.6 Å². The molecule has 2 aromatic carbocycles. The van der Waals surface area contributed by atoms with E-state index in [-0.39, 0.29) is 4.75 Å². The lowest BCUT2D eigenvalue weighted by Gasteiger charge is -2.20. The van der Waals surface area contributed by atoms with Gasteiger partial charge < -0.3 is 14.4 Å². The highest BCUT2D eigenvalue weighted by molar-refractivity contribution is 8.00. The average molecular weight is 488 g/mol. The van der Waals surface area contributed by atoms with Crippen molar-refractivity contribution in [3.63, 3.8) is 0 Å². The molecule has 0 amide bonds. The van der Waals surface area contributed by atoms with E-state index in [0.29, 0.717) is 25.5 Å². The Morgan fingerprint density at radius 1 is 1.12 bits per heavy atom. The van der Waals surface area contributed by atoms with Gasteiger partial charge in [-0.3, -0.25) is 0 Å². The summed E-state index contributed by atoms with van der Waals surface area (Å²) in [4.78, 5) is 12.5. The van der Waals surface area contributed by atoms with Crippen LogP contribution >= 0.6 is 23.4 Å². The van der Waals surface area contributed by atoms with E-state index < -0.39 is 12.1 Å². The van der Waals surface area contributed by atoms with Crippen molar-refractivity contribution in [2.45, 2.75) is 76.2 Å². The predicted molar refractivity (Wildman–Crippen MR) is 139 cm³/mol. The quantitative estimate of drug-likeness (QED) is 0.319. The molecule has 178 valence electrons. The van der Waals surface area contributed by atoms with Crippen LogP contribution in [-0.4, -0.2) is 33.1 Å². The van der Waals surface area contributed by atoms with Crippen LogP contribution in [0.2, 0.25) is 5.02 Å². The smallest absolute Gasteiger partial charge is 0.332 e. The number of benzene rings is 2. The topological polar surface area (TPSA) is 51.5 Å². The number of halogens is 1. The predicted octanol–water partition coefficient (Wildman–Crippen LogP) is 7.39. The van der Waals surface area contributed by atoms with Crippen LogP contribution in [0.4, 0.5) is 0 Å². The van der Waals surface area contributed by atoms with E-state index in [1.54, 1.807) is 6.92 Å². The standard InChI is InChI=1S/C27H34ClNO3S/c1-17(2)20-9-12-23-22(15-20)25(33-27(4,5)6)24(13-14-32-18(3)26(30)31)29(23)16-19-7-10-21(28)11-8-19/h7-12,15,17-18H,13-14,16H2,1-6H3,(H,30,31). The van der Waals surface area contributed by atoms with Gasteiger partial charge in [-0.1, -0.05) is 64.4 Å². The van der Waals surface area contributed by atoms with Crippen LogP contribution < -0.4 is 0 Å². The molecular weight excluding hydrogens is 454 g/mol. The molecule has 0 saturated carbocycles. The van der Waals surface area contributed by atoms with Crippen LogP contribution in [-0.2, 0) is 22.5 Å². The second kappa shape index (κ2) is 10.5. The van der Waals surface area contributed by atoms with Gasteiger partial charge in [0.2, 0.25) is 0 Å². The molecule has 1 heterocycles. The normalized spacial score (nSPS) is 13.1. The largest absolute Gasteiger partial charge is 0.479 e. The van der Waals surface area contributed by atoms with E-state index in [9.17, 15) is 9.90 Å². The van der Waals surface area contributed by atoms with E-state index in [0.717, 1.165) is 10.6 Å².